The number of hydrogen-bond donors (Lipinski definition) is 1. The Morgan fingerprint density at radius 1 is 1.32 bits per heavy atom. The van der Waals surface area contributed by atoms with Crippen LogP contribution in [-0.4, -0.2) is 31.7 Å². The number of aryl methyl sites for hydroxylation is 1. The highest BCUT2D eigenvalue weighted by Gasteiger charge is 2.33. The van der Waals surface area contributed by atoms with Crippen molar-refractivity contribution in [2.45, 2.75) is 36.9 Å². The molecule has 3 heterocycles. The van der Waals surface area contributed by atoms with Crippen LogP contribution in [0.15, 0.2) is 33.9 Å². The number of rotatable bonds is 6. The third kappa shape index (κ3) is 4.31. The molecule has 1 aliphatic rings. The summed E-state index contributed by atoms with van der Waals surface area (Å²) < 4.78 is 27.1. The molecule has 0 bridgehead atoms. The number of piperidine rings is 1. The molecular weight excluding hydrogens is 376 g/mol. The number of nitrogens with zero attached hydrogens (tertiary/aromatic N) is 1. The first-order chi connectivity index (χ1) is 12.0. The van der Waals surface area contributed by atoms with Crippen LogP contribution in [0.5, 0.6) is 0 Å². The maximum absolute atomic E-state index is 12.6. The Hall–Kier alpha value is -1.22. The lowest BCUT2D eigenvalue weighted by Gasteiger charge is -2.30. The van der Waals surface area contributed by atoms with Crippen LogP contribution in [0.3, 0.4) is 0 Å². The van der Waals surface area contributed by atoms with Crippen molar-refractivity contribution in [1.82, 2.24) is 9.62 Å². The van der Waals surface area contributed by atoms with Gasteiger partial charge in [-0.15, -0.1) is 22.7 Å². The third-order valence-electron chi connectivity index (χ3n) is 4.35. The van der Waals surface area contributed by atoms with Gasteiger partial charge in [-0.25, -0.2) is 8.42 Å². The normalized spacial score (nSPS) is 19.0. The largest absolute Gasteiger partial charge is 0.351 e. The van der Waals surface area contributed by atoms with Crippen molar-refractivity contribution in [2.24, 2.45) is 5.92 Å². The Bertz CT molecular complexity index is 812. The molecule has 2 aromatic heterocycles. The molecule has 1 N–H and O–H groups in total. The minimum atomic E-state index is -3.48. The lowest BCUT2D eigenvalue weighted by atomic mass is 9.99. The van der Waals surface area contributed by atoms with Crippen molar-refractivity contribution in [3.05, 3.63) is 39.4 Å². The molecule has 0 aromatic carbocycles. The van der Waals surface area contributed by atoms with Crippen LogP contribution in [-0.2, 0) is 27.8 Å². The van der Waals surface area contributed by atoms with Crippen molar-refractivity contribution in [3.8, 4) is 0 Å². The average Bonchev–Trinajstić information content (AvgIpc) is 3.31. The van der Waals surface area contributed by atoms with Crippen LogP contribution in [0.1, 0.15) is 29.5 Å². The monoisotopic (exact) mass is 398 g/mol. The quantitative estimate of drug-likeness (QED) is 0.813. The molecule has 25 heavy (non-hydrogen) atoms. The van der Waals surface area contributed by atoms with Gasteiger partial charge in [-0.2, -0.15) is 4.31 Å². The summed E-state index contributed by atoms with van der Waals surface area (Å²) in [6.45, 7) is 3.36. The van der Waals surface area contributed by atoms with E-state index in [4.69, 9.17) is 0 Å². The van der Waals surface area contributed by atoms with E-state index in [0.717, 1.165) is 17.7 Å². The van der Waals surface area contributed by atoms with Crippen LogP contribution in [0.2, 0.25) is 0 Å². The Kier molecular flexibility index (Phi) is 5.93. The van der Waals surface area contributed by atoms with Crippen molar-refractivity contribution >= 4 is 38.6 Å². The molecule has 1 fully saturated rings. The lowest BCUT2D eigenvalue weighted by molar-refractivity contribution is -0.126. The standard InChI is InChI=1S/C17H22N2O3S3/c1-2-14-7-8-15(24-14)11-18-17(20)13-5-3-9-19(12-13)25(21,22)16-6-4-10-23-16/h4,6-8,10,13H,2-3,5,9,11-12H2,1H3,(H,18,20). The Morgan fingerprint density at radius 2 is 2.12 bits per heavy atom. The summed E-state index contributed by atoms with van der Waals surface area (Å²) in [5, 5.41) is 4.72. The summed E-state index contributed by atoms with van der Waals surface area (Å²) in [7, 11) is -3.48. The fourth-order valence-electron chi connectivity index (χ4n) is 2.94. The van der Waals surface area contributed by atoms with E-state index in [-0.39, 0.29) is 18.4 Å². The van der Waals surface area contributed by atoms with Gasteiger partial charge in [-0.1, -0.05) is 13.0 Å². The molecule has 1 saturated heterocycles. The fraction of sp³-hybridized carbons (Fsp3) is 0.471. The van der Waals surface area contributed by atoms with Crippen molar-refractivity contribution < 1.29 is 13.2 Å². The minimum Gasteiger partial charge on any atom is -0.351 e. The summed E-state index contributed by atoms with van der Waals surface area (Å²) in [5.74, 6) is -0.341. The fourth-order valence-corrected chi connectivity index (χ4v) is 6.50. The zero-order chi connectivity index (χ0) is 17.9. The molecular formula is C17H22N2O3S3. The summed E-state index contributed by atoms with van der Waals surface area (Å²) in [6, 6.07) is 7.48. The Balaban J connectivity index is 1.60. The van der Waals surface area contributed by atoms with Gasteiger partial charge in [-0.05, 0) is 42.8 Å². The number of hydrogen-bond acceptors (Lipinski definition) is 5. The Labute approximate surface area is 156 Å². The van der Waals surface area contributed by atoms with Gasteiger partial charge in [0.15, 0.2) is 0 Å². The van der Waals surface area contributed by atoms with Crippen LogP contribution in [0.25, 0.3) is 0 Å². The summed E-state index contributed by atoms with van der Waals surface area (Å²) in [6.07, 6.45) is 2.44. The third-order valence-corrected chi connectivity index (χ3v) is 8.81. The lowest BCUT2D eigenvalue weighted by Crippen LogP contribution is -2.45. The predicted molar refractivity (Wildman–Crippen MR) is 101 cm³/mol. The number of sulfonamides is 1. The Morgan fingerprint density at radius 3 is 2.80 bits per heavy atom. The molecule has 5 nitrogen and oxygen atoms in total. The average molecular weight is 399 g/mol. The number of carbonyl (C=O) groups excluding carboxylic acids is 1. The SMILES string of the molecule is CCc1ccc(CNC(=O)C2CCCN(S(=O)(=O)c3cccs3)C2)s1. The highest BCUT2D eigenvalue weighted by molar-refractivity contribution is 7.91. The second-order valence-corrected chi connectivity index (χ2v) is 10.4. The predicted octanol–water partition coefficient (Wildman–Crippen LogP) is 3.09. The minimum absolute atomic E-state index is 0.0578. The molecule has 1 amide bonds. The number of thiophene rings is 2. The highest BCUT2D eigenvalue weighted by Crippen LogP contribution is 2.26. The zero-order valence-electron chi connectivity index (χ0n) is 14.1. The number of nitrogens with one attached hydrogen (secondary N) is 1. The van der Waals surface area contributed by atoms with Crippen LogP contribution >= 0.6 is 22.7 Å². The van der Waals surface area contributed by atoms with E-state index in [0.29, 0.717) is 23.7 Å². The van der Waals surface area contributed by atoms with Crippen LogP contribution < -0.4 is 5.32 Å². The summed E-state index contributed by atoms with van der Waals surface area (Å²) in [5.41, 5.74) is 0. The highest BCUT2D eigenvalue weighted by atomic mass is 32.2. The second kappa shape index (κ2) is 7.99. The van der Waals surface area contributed by atoms with Gasteiger partial charge >= 0.3 is 0 Å². The zero-order valence-corrected chi connectivity index (χ0v) is 16.6. The van der Waals surface area contributed by atoms with Crippen molar-refractivity contribution in [3.63, 3.8) is 0 Å². The van der Waals surface area contributed by atoms with Crippen LogP contribution in [0, 0.1) is 5.92 Å². The molecule has 8 heteroatoms. The van der Waals surface area contributed by atoms with Gasteiger partial charge in [0, 0.05) is 22.8 Å². The first kappa shape index (κ1) is 18.6. The van der Waals surface area contributed by atoms with E-state index in [1.807, 2.05) is 6.07 Å². The second-order valence-electron chi connectivity index (χ2n) is 6.07. The maximum atomic E-state index is 12.6. The summed E-state index contributed by atoms with van der Waals surface area (Å²) in [4.78, 5) is 14.9. The van der Waals surface area contributed by atoms with E-state index in [2.05, 4.69) is 18.3 Å². The van der Waals surface area contributed by atoms with E-state index >= 15 is 0 Å². The molecule has 136 valence electrons. The summed E-state index contributed by atoms with van der Waals surface area (Å²) >= 11 is 2.92. The van der Waals surface area contributed by atoms with Gasteiger partial charge in [-0.3, -0.25) is 4.79 Å². The van der Waals surface area contributed by atoms with Gasteiger partial charge in [0.05, 0.1) is 12.5 Å². The molecule has 0 saturated carbocycles. The van der Waals surface area contributed by atoms with E-state index < -0.39 is 10.0 Å². The molecule has 1 unspecified atom stereocenters. The first-order valence-electron chi connectivity index (χ1n) is 8.39. The molecule has 1 aliphatic heterocycles. The van der Waals surface area contributed by atoms with E-state index in [1.54, 1.807) is 28.8 Å². The molecule has 0 aliphatic carbocycles. The molecule has 2 aromatic rings. The molecule has 1 atom stereocenters. The van der Waals surface area contributed by atoms with Crippen molar-refractivity contribution in [1.29, 1.82) is 0 Å². The van der Waals surface area contributed by atoms with Crippen LogP contribution in [0.4, 0.5) is 0 Å². The molecule has 3 rings (SSSR count). The van der Waals surface area contributed by atoms with E-state index in [9.17, 15) is 13.2 Å². The van der Waals surface area contributed by atoms with Gasteiger partial charge in [0.1, 0.15) is 4.21 Å². The topological polar surface area (TPSA) is 66.5 Å². The molecule has 0 radical (unpaired) electrons. The van der Waals surface area contributed by atoms with Gasteiger partial charge < -0.3 is 5.32 Å². The van der Waals surface area contributed by atoms with E-state index in [1.165, 1.54) is 20.5 Å². The van der Waals surface area contributed by atoms with Gasteiger partial charge in [0.2, 0.25) is 5.91 Å². The molecule has 0 spiro atoms. The number of carbonyl (C=O) groups is 1. The van der Waals surface area contributed by atoms with Gasteiger partial charge in [0.25, 0.3) is 10.0 Å². The van der Waals surface area contributed by atoms with Crippen molar-refractivity contribution in [2.75, 3.05) is 13.1 Å². The first-order valence-corrected chi connectivity index (χ1v) is 11.5. The number of amides is 1. The smallest absolute Gasteiger partial charge is 0.252 e. The maximum Gasteiger partial charge on any atom is 0.252 e.